The van der Waals surface area contributed by atoms with Gasteiger partial charge in [0.15, 0.2) is 9.84 Å². The maximum Gasteiger partial charge on any atom is 0.326 e. The van der Waals surface area contributed by atoms with E-state index >= 15 is 0 Å². The Kier molecular flexibility index (Phi) is 6.15. The molecule has 1 amide bonds. The molecule has 0 bridgehead atoms. The predicted octanol–water partition coefficient (Wildman–Crippen LogP) is 2.50. The van der Waals surface area contributed by atoms with Gasteiger partial charge >= 0.3 is 5.97 Å². The summed E-state index contributed by atoms with van der Waals surface area (Å²) in [7, 11) is -3.63. The Morgan fingerprint density at radius 2 is 1.69 bits per heavy atom. The molecule has 26 heavy (non-hydrogen) atoms. The number of benzene rings is 2. The molecule has 0 aliphatic heterocycles. The first-order valence-electron chi connectivity index (χ1n) is 8.11. The largest absolute Gasteiger partial charge is 0.480 e. The van der Waals surface area contributed by atoms with Crippen molar-refractivity contribution >= 4 is 21.7 Å². The van der Waals surface area contributed by atoms with Crippen LogP contribution in [0.1, 0.15) is 29.8 Å². The summed E-state index contributed by atoms with van der Waals surface area (Å²) < 4.78 is 25.2. The summed E-state index contributed by atoms with van der Waals surface area (Å²) in [5.41, 5.74) is 0.749. The molecular weight excluding hydrogens is 354 g/mol. The highest BCUT2D eigenvalue weighted by atomic mass is 32.2. The first-order valence-corrected chi connectivity index (χ1v) is 9.76. The second kappa shape index (κ2) is 8.14. The Bertz CT molecular complexity index is 891. The molecule has 0 radical (unpaired) electrons. The molecule has 0 aromatic heterocycles. The third-order valence-electron chi connectivity index (χ3n) is 3.87. The molecule has 2 rings (SSSR count). The topological polar surface area (TPSA) is 101 Å². The third-order valence-corrected chi connectivity index (χ3v) is 5.56. The average molecular weight is 375 g/mol. The van der Waals surface area contributed by atoms with Gasteiger partial charge in [0, 0.05) is 5.56 Å². The number of sulfone groups is 1. The Hall–Kier alpha value is -2.67. The van der Waals surface area contributed by atoms with Crippen LogP contribution in [0.15, 0.2) is 59.5 Å². The first kappa shape index (κ1) is 19.7. The van der Waals surface area contributed by atoms with Crippen molar-refractivity contribution in [3.8, 4) is 0 Å². The van der Waals surface area contributed by atoms with E-state index in [-0.39, 0.29) is 22.1 Å². The minimum atomic E-state index is -3.63. The van der Waals surface area contributed by atoms with E-state index in [4.69, 9.17) is 0 Å². The summed E-state index contributed by atoms with van der Waals surface area (Å²) in [5.74, 6) is -2.24. The minimum Gasteiger partial charge on any atom is -0.480 e. The number of aliphatic carboxylic acids is 1. The van der Waals surface area contributed by atoms with E-state index in [2.05, 4.69) is 5.32 Å². The highest BCUT2D eigenvalue weighted by Crippen LogP contribution is 2.18. The molecular formula is C19H21NO5S. The number of amides is 1. The fourth-order valence-corrected chi connectivity index (χ4v) is 3.84. The summed E-state index contributed by atoms with van der Waals surface area (Å²) in [6.45, 7) is 3.36. The number of carbonyl (C=O) groups is 2. The molecule has 2 N–H and O–H groups in total. The molecule has 1 atom stereocenters. The standard InChI is InChI=1S/C19H21NO5S/c1-13(2)17(19(22)23)20-18(21)15-9-6-10-16(11-15)26(24,25)12-14-7-4-3-5-8-14/h3-11,13,17H,12H2,1-2H3,(H,20,21)(H,22,23). The number of hydrogen-bond donors (Lipinski definition) is 2. The lowest BCUT2D eigenvalue weighted by molar-refractivity contribution is -0.140. The number of carboxylic acids is 1. The van der Waals surface area contributed by atoms with Gasteiger partial charge in [-0.05, 0) is 29.7 Å². The fraction of sp³-hybridized carbons (Fsp3) is 0.263. The van der Waals surface area contributed by atoms with E-state index in [1.165, 1.54) is 24.3 Å². The normalized spacial score (nSPS) is 12.6. The molecule has 0 heterocycles. The van der Waals surface area contributed by atoms with E-state index in [0.717, 1.165) is 0 Å². The van der Waals surface area contributed by atoms with Crippen molar-refractivity contribution in [3.63, 3.8) is 0 Å². The van der Waals surface area contributed by atoms with Crippen molar-refractivity contribution in [2.75, 3.05) is 0 Å². The van der Waals surface area contributed by atoms with E-state index in [0.29, 0.717) is 5.56 Å². The summed E-state index contributed by atoms with van der Waals surface area (Å²) >= 11 is 0. The van der Waals surface area contributed by atoms with Crippen LogP contribution in [0.3, 0.4) is 0 Å². The van der Waals surface area contributed by atoms with Crippen LogP contribution in [0.4, 0.5) is 0 Å². The van der Waals surface area contributed by atoms with Gasteiger partial charge in [0.25, 0.3) is 5.91 Å². The zero-order valence-electron chi connectivity index (χ0n) is 14.5. The zero-order valence-corrected chi connectivity index (χ0v) is 15.4. The second-order valence-corrected chi connectivity index (χ2v) is 8.30. The lowest BCUT2D eigenvalue weighted by Crippen LogP contribution is -2.44. The Balaban J connectivity index is 2.24. The van der Waals surface area contributed by atoms with Crippen molar-refractivity contribution in [3.05, 3.63) is 65.7 Å². The van der Waals surface area contributed by atoms with Crippen molar-refractivity contribution < 1.29 is 23.1 Å². The smallest absolute Gasteiger partial charge is 0.326 e. The summed E-state index contributed by atoms with van der Waals surface area (Å²) in [5, 5.41) is 11.6. The van der Waals surface area contributed by atoms with Crippen molar-refractivity contribution in [1.29, 1.82) is 0 Å². The highest BCUT2D eigenvalue weighted by molar-refractivity contribution is 7.90. The SMILES string of the molecule is CC(C)C(NC(=O)c1cccc(S(=O)(=O)Cc2ccccc2)c1)C(=O)O. The Labute approximate surface area is 152 Å². The van der Waals surface area contributed by atoms with E-state index in [9.17, 15) is 23.1 Å². The number of carbonyl (C=O) groups excluding carboxylic acids is 1. The number of hydrogen-bond acceptors (Lipinski definition) is 4. The van der Waals surface area contributed by atoms with Crippen LogP contribution in [0, 0.1) is 5.92 Å². The Morgan fingerprint density at radius 1 is 1.04 bits per heavy atom. The van der Waals surface area contributed by atoms with E-state index in [1.807, 2.05) is 0 Å². The lowest BCUT2D eigenvalue weighted by atomic mass is 10.0. The molecule has 0 saturated heterocycles. The minimum absolute atomic E-state index is 0.0189. The van der Waals surface area contributed by atoms with Gasteiger partial charge in [-0.1, -0.05) is 50.2 Å². The molecule has 6 nitrogen and oxygen atoms in total. The van der Waals surface area contributed by atoms with Gasteiger partial charge in [-0.2, -0.15) is 0 Å². The van der Waals surface area contributed by atoms with E-state index < -0.39 is 27.8 Å². The molecule has 1 unspecified atom stereocenters. The quantitative estimate of drug-likeness (QED) is 0.774. The van der Waals surface area contributed by atoms with Crippen LogP contribution in [0.2, 0.25) is 0 Å². The average Bonchev–Trinajstić information content (AvgIpc) is 2.59. The Morgan fingerprint density at radius 3 is 2.27 bits per heavy atom. The van der Waals surface area contributed by atoms with Crippen molar-refractivity contribution in [1.82, 2.24) is 5.32 Å². The van der Waals surface area contributed by atoms with Crippen molar-refractivity contribution in [2.24, 2.45) is 5.92 Å². The van der Waals surface area contributed by atoms with Gasteiger partial charge in [0.1, 0.15) is 6.04 Å². The van der Waals surface area contributed by atoms with Crippen LogP contribution in [-0.4, -0.2) is 31.4 Å². The van der Waals surface area contributed by atoms with Crippen LogP contribution in [0.25, 0.3) is 0 Å². The lowest BCUT2D eigenvalue weighted by Gasteiger charge is -2.18. The fourth-order valence-electron chi connectivity index (χ4n) is 2.45. The van der Waals surface area contributed by atoms with Crippen LogP contribution >= 0.6 is 0 Å². The second-order valence-electron chi connectivity index (χ2n) is 6.31. The molecule has 2 aromatic carbocycles. The summed E-state index contributed by atoms with van der Waals surface area (Å²) in [6.07, 6.45) is 0. The van der Waals surface area contributed by atoms with Crippen LogP contribution in [-0.2, 0) is 20.4 Å². The van der Waals surface area contributed by atoms with Gasteiger partial charge in [0.2, 0.25) is 0 Å². The third kappa shape index (κ3) is 4.92. The van der Waals surface area contributed by atoms with Crippen LogP contribution in [0.5, 0.6) is 0 Å². The molecule has 0 fully saturated rings. The molecule has 7 heteroatoms. The summed E-state index contributed by atoms with van der Waals surface area (Å²) in [6, 6.07) is 13.3. The van der Waals surface area contributed by atoms with Gasteiger partial charge in [0.05, 0.1) is 10.6 Å². The van der Waals surface area contributed by atoms with E-state index in [1.54, 1.807) is 44.2 Å². The number of rotatable bonds is 7. The number of nitrogens with one attached hydrogen (secondary N) is 1. The monoisotopic (exact) mass is 375 g/mol. The first-order chi connectivity index (χ1) is 12.2. The summed E-state index contributed by atoms with van der Waals surface area (Å²) in [4.78, 5) is 23.6. The molecule has 0 aliphatic carbocycles. The molecule has 138 valence electrons. The maximum atomic E-state index is 12.6. The molecule has 2 aromatic rings. The van der Waals surface area contributed by atoms with Crippen LogP contribution < -0.4 is 5.32 Å². The van der Waals surface area contributed by atoms with Gasteiger partial charge in [-0.3, -0.25) is 4.79 Å². The van der Waals surface area contributed by atoms with Gasteiger partial charge < -0.3 is 10.4 Å². The maximum absolute atomic E-state index is 12.6. The number of carboxylic acid groups (broad SMARTS) is 1. The molecule has 0 spiro atoms. The van der Waals surface area contributed by atoms with Crippen molar-refractivity contribution in [2.45, 2.75) is 30.5 Å². The molecule has 0 saturated carbocycles. The zero-order chi connectivity index (χ0) is 19.3. The molecule has 0 aliphatic rings. The highest BCUT2D eigenvalue weighted by Gasteiger charge is 2.24. The van der Waals surface area contributed by atoms with Gasteiger partial charge in [-0.15, -0.1) is 0 Å². The predicted molar refractivity (Wildman–Crippen MR) is 97.5 cm³/mol. The van der Waals surface area contributed by atoms with Gasteiger partial charge in [-0.25, -0.2) is 13.2 Å².